The highest BCUT2D eigenvalue weighted by Crippen LogP contribution is 2.45. The molecular formula is C12H15FN4O. The van der Waals surface area contributed by atoms with Gasteiger partial charge in [-0.2, -0.15) is 0 Å². The van der Waals surface area contributed by atoms with E-state index in [1.807, 2.05) is 0 Å². The van der Waals surface area contributed by atoms with Crippen LogP contribution in [0.1, 0.15) is 29.9 Å². The van der Waals surface area contributed by atoms with E-state index in [9.17, 15) is 9.18 Å². The third-order valence-corrected chi connectivity index (χ3v) is 3.37. The highest BCUT2D eigenvalue weighted by molar-refractivity contribution is 5.93. The summed E-state index contributed by atoms with van der Waals surface area (Å²) in [5.74, 6) is 0.157. The van der Waals surface area contributed by atoms with Gasteiger partial charge in [0.1, 0.15) is 5.82 Å². The summed E-state index contributed by atoms with van der Waals surface area (Å²) in [6.07, 6.45) is 2.11. The molecule has 1 saturated carbocycles. The highest BCUT2D eigenvalue weighted by Gasteiger charge is 2.34. The summed E-state index contributed by atoms with van der Waals surface area (Å²) in [6, 6.07) is 3.06. The molecule has 0 unspecified atom stereocenters. The zero-order valence-corrected chi connectivity index (χ0v) is 10.3. The number of aryl methyl sites for hydroxylation is 1. The van der Waals surface area contributed by atoms with Crippen LogP contribution in [0.25, 0.3) is 0 Å². The molecule has 3 rings (SSSR count). The van der Waals surface area contributed by atoms with Crippen LogP contribution >= 0.6 is 0 Å². The Kier molecular flexibility index (Phi) is 2.49. The number of hydrogen-bond donors (Lipinski definition) is 2. The summed E-state index contributed by atoms with van der Waals surface area (Å²) < 4.78 is 13.7. The first kappa shape index (κ1) is 11.4. The maximum absolute atomic E-state index is 13.7. The van der Waals surface area contributed by atoms with Crippen molar-refractivity contribution in [1.29, 1.82) is 0 Å². The van der Waals surface area contributed by atoms with Gasteiger partial charge in [0.25, 0.3) is 0 Å². The van der Waals surface area contributed by atoms with E-state index >= 15 is 0 Å². The summed E-state index contributed by atoms with van der Waals surface area (Å²) in [4.78, 5) is 11.9. The molecular weight excluding hydrogens is 235 g/mol. The van der Waals surface area contributed by atoms with Crippen LogP contribution in [0.2, 0.25) is 0 Å². The number of amides is 2. The van der Waals surface area contributed by atoms with Gasteiger partial charge in [-0.05, 0) is 48.9 Å². The smallest absolute Gasteiger partial charge is 0.246 e. The normalized spacial score (nSPS) is 19.8. The van der Waals surface area contributed by atoms with E-state index < -0.39 is 0 Å². The monoisotopic (exact) mass is 250 g/mol. The van der Waals surface area contributed by atoms with Crippen LogP contribution in [-0.2, 0) is 0 Å². The van der Waals surface area contributed by atoms with Gasteiger partial charge < -0.3 is 0 Å². The molecule has 1 heterocycles. The molecule has 5 nitrogen and oxygen atoms in total. The van der Waals surface area contributed by atoms with Crippen molar-refractivity contribution in [2.24, 2.45) is 0 Å². The number of rotatable bonds is 2. The standard InChI is InChI=1S/C12H15FN4O/c1-7-5-11(17-12(18)16(2)14-15-17)9(6-10(7)13)8-3-4-8/h5-6,8,14-15H,3-4H2,1-2H3. The molecule has 0 bridgehead atoms. The van der Waals surface area contributed by atoms with Crippen molar-refractivity contribution in [1.82, 2.24) is 16.1 Å². The Morgan fingerprint density at radius 2 is 2.06 bits per heavy atom. The fourth-order valence-corrected chi connectivity index (χ4v) is 2.13. The highest BCUT2D eigenvalue weighted by atomic mass is 19.1. The Morgan fingerprint density at radius 1 is 1.33 bits per heavy atom. The van der Waals surface area contributed by atoms with Gasteiger partial charge in [-0.15, -0.1) is 11.1 Å². The molecule has 96 valence electrons. The number of carbonyl (C=O) groups excluding carboxylic acids is 1. The summed E-state index contributed by atoms with van der Waals surface area (Å²) in [7, 11) is 1.63. The molecule has 1 saturated heterocycles. The number of nitrogens with one attached hydrogen (secondary N) is 2. The summed E-state index contributed by atoms with van der Waals surface area (Å²) >= 11 is 0. The lowest BCUT2D eigenvalue weighted by molar-refractivity contribution is 0.214. The molecule has 1 aromatic carbocycles. The number of anilines is 1. The number of urea groups is 1. The van der Waals surface area contributed by atoms with Crippen LogP contribution in [0.5, 0.6) is 0 Å². The molecule has 2 N–H and O–H groups in total. The molecule has 0 radical (unpaired) electrons. The second-order valence-corrected chi connectivity index (χ2v) is 4.84. The minimum absolute atomic E-state index is 0.206. The number of hydrazine groups is 3. The molecule has 2 amide bonds. The first-order valence-electron chi connectivity index (χ1n) is 5.97. The van der Waals surface area contributed by atoms with E-state index in [1.165, 1.54) is 10.0 Å². The predicted molar refractivity (Wildman–Crippen MR) is 65.0 cm³/mol. The molecule has 2 fully saturated rings. The molecule has 2 aliphatic rings. The third kappa shape index (κ3) is 1.74. The van der Waals surface area contributed by atoms with E-state index in [-0.39, 0.29) is 11.8 Å². The van der Waals surface area contributed by atoms with Crippen LogP contribution in [0, 0.1) is 12.7 Å². The Morgan fingerprint density at radius 3 is 2.61 bits per heavy atom. The van der Waals surface area contributed by atoms with E-state index in [1.54, 1.807) is 26.1 Å². The Labute approximate surface area is 104 Å². The average Bonchev–Trinajstić information content (AvgIpc) is 3.12. The van der Waals surface area contributed by atoms with Gasteiger partial charge in [0.05, 0.1) is 5.69 Å². The predicted octanol–water partition coefficient (Wildman–Crippen LogP) is 1.81. The molecule has 1 aliphatic heterocycles. The quantitative estimate of drug-likeness (QED) is 0.841. The average molecular weight is 250 g/mol. The third-order valence-electron chi connectivity index (χ3n) is 3.37. The van der Waals surface area contributed by atoms with Gasteiger partial charge in [-0.1, -0.05) is 0 Å². The van der Waals surface area contributed by atoms with Crippen molar-refractivity contribution in [2.75, 3.05) is 12.1 Å². The molecule has 0 spiro atoms. The molecule has 1 aliphatic carbocycles. The maximum atomic E-state index is 13.7. The van der Waals surface area contributed by atoms with Gasteiger partial charge in [0.2, 0.25) is 0 Å². The largest absolute Gasteiger partial charge is 0.355 e. The van der Waals surface area contributed by atoms with E-state index in [0.29, 0.717) is 11.5 Å². The lowest BCUT2D eigenvalue weighted by atomic mass is 10.0. The molecule has 6 heteroatoms. The fourth-order valence-electron chi connectivity index (χ4n) is 2.13. The van der Waals surface area contributed by atoms with Crippen LogP contribution in [0.4, 0.5) is 14.9 Å². The van der Waals surface area contributed by atoms with Crippen molar-refractivity contribution >= 4 is 11.7 Å². The number of hydrogen-bond acceptors (Lipinski definition) is 3. The zero-order chi connectivity index (χ0) is 12.9. The number of nitrogens with zero attached hydrogens (tertiary/aromatic N) is 2. The zero-order valence-electron chi connectivity index (χ0n) is 10.3. The molecule has 1 aromatic rings. The topological polar surface area (TPSA) is 47.6 Å². The van der Waals surface area contributed by atoms with Crippen molar-refractivity contribution in [3.05, 3.63) is 29.1 Å². The first-order valence-corrected chi connectivity index (χ1v) is 5.97. The Hall–Kier alpha value is -1.66. The van der Waals surface area contributed by atoms with Crippen LogP contribution < -0.4 is 16.1 Å². The molecule has 0 atom stereocenters. The van der Waals surface area contributed by atoms with Gasteiger partial charge in [0, 0.05) is 7.05 Å². The lowest BCUT2D eigenvalue weighted by Crippen LogP contribution is -2.38. The maximum Gasteiger partial charge on any atom is 0.355 e. The van der Waals surface area contributed by atoms with Crippen molar-refractivity contribution in [3.63, 3.8) is 0 Å². The molecule has 0 aromatic heterocycles. The minimum Gasteiger partial charge on any atom is -0.246 e. The van der Waals surface area contributed by atoms with E-state index in [2.05, 4.69) is 11.1 Å². The van der Waals surface area contributed by atoms with Gasteiger partial charge in [-0.3, -0.25) is 0 Å². The minimum atomic E-state index is -0.214. The fraction of sp³-hybridized carbons (Fsp3) is 0.417. The van der Waals surface area contributed by atoms with Crippen molar-refractivity contribution in [3.8, 4) is 0 Å². The van der Waals surface area contributed by atoms with Gasteiger partial charge in [0.15, 0.2) is 0 Å². The summed E-state index contributed by atoms with van der Waals surface area (Å²) in [6.45, 7) is 1.70. The SMILES string of the molecule is Cc1cc(N2NNN(C)C2=O)c(C2CC2)cc1F. The van der Waals surface area contributed by atoms with E-state index in [0.717, 1.165) is 24.1 Å². The Bertz CT molecular complexity index is 515. The Balaban J connectivity index is 2.05. The summed E-state index contributed by atoms with van der Waals surface area (Å²) in [5, 5.41) is 2.76. The van der Waals surface area contributed by atoms with Crippen LogP contribution in [0.15, 0.2) is 12.1 Å². The molecule has 18 heavy (non-hydrogen) atoms. The van der Waals surface area contributed by atoms with Gasteiger partial charge >= 0.3 is 6.03 Å². The van der Waals surface area contributed by atoms with Crippen LogP contribution in [0.3, 0.4) is 0 Å². The van der Waals surface area contributed by atoms with Gasteiger partial charge in [-0.25, -0.2) is 19.2 Å². The number of benzene rings is 1. The number of halogens is 1. The van der Waals surface area contributed by atoms with Crippen LogP contribution in [-0.4, -0.2) is 18.1 Å². The lowest BCUT2D eigenvalue weighted by Gasteiger charge is -2.18. The second-order valence-electron chi connectivity index (χ2n) is 4.84. The van der Waals surface area contributed by atoms with Crippen molar-refractivity contribution in [2.45, 2.75) is 25.7 Å². The van der Waals surface area contributed by atoms with E-state index in [4.69, 9.17) is 0 Å². The first-order chi connectivity index (χ1) is 8.58. The second kappa shape index (κ2) is 3.93. The van der Waals surface area contributed by atoms with Crippen molar-refractivity contribution < 1.29 is 9.18 Å². The summed E-state index contributed by atoms with van der Waals surface area (Å²) in [5.41, 5.74) is 7.66. The number of carbonyl (C=O) groups is 1.